The van der Waals surface area contributed by atoms with Gasteiger partial charge in [-0.3, -0.25) is 4.79 Å². The summed E-state index contributed by atoms with van der Waals surface area (Å²) in [5.74, 6) is 1.46. The second kappa shape index (κ2) is 8.06. The molecule has 0 saturated heterocycles. The molecule has 0 spiro atoms. The largest absolute Gasteiger partial charge is 0.494 e. The van der Waals surface area contributed by atoms with Crippen LogP contribution < -0.4 is 10.1 Å². The lowest BCUT2D eigenvalue weighted by Crippen LogP contribution is -2.41. The fourth-order valence-electron chi connectivity index (χ4n) is 2.82. The van der Waals surface area contributed by atoms with Gasteiger partial charge in [0.2, 0.25) is 0 Å². The molecule has 21 heavy (non-hydrogen) atoms. The Bertz CT molecular complexity index is 441. The van der Waals surface area contributed by atoms with Crippen LogP contribution in [0.5, 0.6) is 5.75 Å². The van der Waals surface area contributed by atoms with Gasteiger partial charge in [0.25, 0.3) is 5.91 Å². The van der Waals surface area contributed by atoms with E-state index in [1.165, 1.54) is 19.3 Å². The summed E-state index contributed by atoms with van der Waals surface area (Å²) in [6.07, 6.45) is 7.01. The average molecular weight is 289 g/mol. The molecule has 116 valence electrons. The highest BCUT2D eigenvalue weighted by molar-refractivity contribution is 5.94. The van der Waals surface area contributed by atoms with Crippen LogP contribution in [0.4, 0.5) is 0 Å². The van der Waals surface area contributed by atoms with Gasteiger partial charge in [0.05, 0.1) is 6.61 Å². The first-order valence-corrected chi connectivity index (χ1v) is 8.24. The molecule has 0 bridgehead atoms. The van der Waals surface area contributed by atoms with Crippen molar-refractivity contribution in [1.29, 1.82) is 0 Å². The summed E-state index contributed by atoms with van der Waals surface area (Å²) in [6.45, 7) is 5.11. The summed E-state index contributed by atoms with van der Waals surface area (Å²) < 4.78 is 5.62. The maximum atomic E-state index is 12.3. The summed E-state index contributed by atoms with van der Waals surface area (Å²) in [5.41, 5.74) is 0.718. The molecule has 2 rings (SSSR count). The fraction of sp³-hybridized carbons (Fsp3) is 0.611. The number of rotatable bonds is 6. The van der Waals surface area contributed by atoms with Crippen LogP contribution in [0.2, 0.25) is 0 Å². The van der Waals surface area contributed by atoms with Crippen LogP contribution in [0.15, 0.2) is 24.3 Å². The Balaban J connectivity index is 1.87. The lowest BCUT2D eigenvalue weighted by Gasteiger charge is -2.29. The Labute approximate surface area is 128 Å². The van der Waals surface area contributed by atoms with Crippen molar-refractivity contribution in [2.75, 3.05) is 6.61 Å². The standard InChI is InChI=1S/C18H27NO2/c1-3-4-13-21-16-11-9-15(10-12-16)18(20)19-17-8-6-5-7-14(17)2/h9-12,14,17H,3-8,13H2,1-2H3,(H,19,20)/t14-,17+/m1/s1. The van der Waals surface area contributed by atoms with Gasteiger partial charge in [-0.05, 0) is 49.4 Å². The molecule has 3 heteroatoms. The molecule has 1 aliphatic rings. The topological polar surface area (TPSA) is 38.3 Å². The number of hydrogen-bond acceptors (Lipinski definition) is 2. The molecule has 1 saturated carbocycles. The third-order valence-electron chi connectivity index (χ3n) is 4.31. The normalized spacial score (nSPS) is 21.8. The Morgan fingerprint density at radius 3 is 2.62 bits per heavy atom. The quantitative estimate of drug-likeness (QED) is 0.798. The van der Waals surface area contributed by atoms with E-state index in [0.29, 0.717) is 12.0 Å². The zero-order chi connectivity index (χ0) is 15.1. The van der Waals surface area contributed by atoms with Crippen LogP contribution in [0, 0.1) is 5.92 Å². The van der Waals surface area contributed by atoms with Crippen LogP contribution in [0.25, 0.3) is 0 Å². The molecule has 0 heterocycles. The lowest BCUT2D eigenvalue weighted by molar-refractivity contribution is 0.0910. The van der Waals surface area contributed by atoms with Crippen LogP contribution in [-0.2, 0) is 0 Å². The zero-order valence-electron chi connectivity index (χ0n) is 13.2. The molecule has 3 nitrogen and oxygen atoms in total. The van der Waals surface area contributed by atoms with E-state index in [1.807, 2.05) is 24.3 Å². The summed E-state index contributed by atoms with van der Waals surface area (Å²) >= 11 is 0. The minimum absolute atomic E-state index is 0.0360. The summed E-state index contributed by atoms with van der Waals surface area (Å²) in [5, 5.41) is 3.18. The van der Waals surface area contributed by atoms with Crippen molar-refractivity contribution < 1.29 is 9.53 Å². The number of hydrogen-bond donors (Lipinski definition) is 1. The van der Waals surface area contributed by atoms with Gasteiger partial charge in [-0.15, -0.1) is 0 Å². The van der Waals surface area contributed by atoms with Gasteiger partial charge in [-0.2, -0.15) is 0 Å². The molecular weight excluding hydrogens is 262 g/mol. The van der Waals surface area contributed by atoms with E-state index in [-0.39, 0.29) is 5.91 Å². The smallest absolute Gasteiger partial charge is 0.251 e. The molecule has 0 radical (unpaired) electrons. The molecule has 0 aliphatic heterocycles. The van der Waals surface area contributed by atoms with Crippen molar-refractivity contribution in [3.05, 3.63) is 29.8 Å². The molecule has 1 aromatic carbocycles. The Kier molecular flexibility index (Phi) is 6.09. The highest BCUT2D eigenvalue weighted by atomic mass is 16.5. The van der Waals surface area contributed by atoms with Crippen molar-refractivity contribution in [2.45, 2.75) is 58.4 Å². The average Bonchev–Trinajstić information content (AvgIpc) is 2.50. The van der Waals surface area contributed by atoms with Crippen molar-refractivity contribution >= 4 is 5.91 Å². The fourth-order valence-corrected chi connectivity index (χ4v) is 2.82. The van der Waals surface area contributed by atoms with Crippen molar-refractivity contribution in [1.82, 2.24) is 5.32 Å². The van der Waals surface area contributed by atoms with E-state index < -0.39 is 0 Å². The van der Waals surface area contributed by atoms with E-state index in [0.717, 1.165) is 37.2 Å². The highest BCUT2D eigenvalue weighted by Gasteiger charge is 2.23. The van der Waals surface area contributed by atoms with Crippen molar-refractivity contribution in [2.24, 2.45) is 5.92 Å². The SMILES string of the molecule is CCCCOc1ccc(C(=O)N[C@H]2CCCC[C@H]2C)cc1. The van der Waals surface area contributed by atoms with Gasteiger partial charge in [-0.25, -0.2) is 0 Å². The Morgan fingerprint density at radius 1 is 1.24 bits per heavy atom. The van der Waals surface area contributed by atoms with E-state index in [4.69, 9.17) is 4.74 Å². The molecule has 1 aromatic rings. The van der Waals surface area contributed by atoms with Crippen LogP contribution in [-0.4, -0.2) is 18.6 Å². The van der Waals surface area contributed by atoms with Crippen molar-refractivity contribution in [3.63, 3.8) is 0 Å². The molecule has 2 atom stereocenters. The van der Waals surface area contributed by atoms with Gasteiger partial charge in [0.15, 0.2) is 0 Å². The number of ether oxygens (including phenoxy) is 1. The Hall–Kier alpha value is -1.51. The molecule has 1 amide bonds. The minimum atomic E-state index is 0.0360. The number of unbranched alkanes of at least 4 members (excludes halogenated alkanes) is 1. The summed E-state index contributed by atoms with van der Waals surface area (Å²) in [7, 11) is 0. The predicted molar refractivity (Wildman–Crippen MR) is 85.7 cm³/mol. The van der Waals surface area contributed by atoms with Gasteiger partial charge in [-0.1, -0.05) is 33.1 Å². The van der Waals surface area contributed by atoms with Gasteiger partial charge in [0.1, 0.15) is 5.75 Å². The summed E-state index contributed by atoms with van der Waals surface area (Å²) in [6, 6.07) is 7.80. The monoisotopic (exact) mass is 289 g/mol. The summed E-state index contributed by atoms with van der Waals surface area (Å²) in [4.78, 5) is 12.3. The first-order valence-electron chi connectivity index (χ1n) is 8.24. The first-order chi connectivity index (χ1) is 10.2. The van der Waals surface area contributed by atoms with Gasteiger partial charge >= 0.3 is 0 Å². The molecule has 1 fully saturated rings. The van der Waals surface area contributed by atoms with Crippen LogP contribution in [0.3, 0.4) is 0 Å². The molecule has 1 N–H and O–H groups in total. The maximum Gasteiger partial charge on any atom is 0.251 e. The second-order valence-electron chi connectivity index (χ2n) is 6.07. The number of nitrogens with one attached hydrogen (secondary N) is 1. The minimum Gasteiger partial charge on any atom is -0.494 e. The second-order valence-corrected chi connectivity index (χ2v) is 6.07. The highest BCUT2D eigenvalue weighted by Crippen LogP contribution is 2.24. The number of carbonyl (C=O) groups excluding carboxylic acids is 1. The molecule has 0 unspecified atom stereocenters. The van der Waals surface area contributed by atoms with Crippen LogP contribution >= 0.6 is 0 Å². The van der Waals surface area contributed by atoms with Gasteiger partial charge in [0, 0.05) is 11.6 Å². The maximum absolute atomic E-state index is 12.3. The first kappa shape index (κ1) is 15.9. The van der Waals surface area contributed by atoms with E-state index >= 15 is 0 Å². The van der Waals surface area contributed by atoms with E-state index in [2.05, 4.69) is 19.2 Å². The lowest BCUT2D eigenvalue weighted by atomic mass is 9.86. The van der Waals surface area contributed by atoms with E-state index in [9.17, 15) is 4.79 Å². The van der Waals surface area contributed by atoms with Gasteiger partial charge < -0.3 is 10.1 Å². The Morgan fingerprint density at radius 2 is 1.95 bits per heavy atom. The predicted octanol–water partition coefficient (Wildman–Crippen LogP) is 4.17. The zero-order valence-corrected chi connectivity index (χ0v) is 13.2. The van der Waals surface area contributed by atoms with Crippen LogP contribution in [0.1, 0.15) is 62.7 Å². The molecular formula is C18H27NO2. The third-order valence-corrected chi connectivity index (χ3v) is 4.31. The third kappa shape index (κ3) is 4.76. The number of amides is 1. The van der Waals surface area contributed by atoms with Crippen molar-refractivity contribution in [3.8, 4) is 5.75 Å². The molecule has 1 aliphatic carbocycles. The number of carbonyl (C=O) groups is 1. The number of benzene rings is 1. The molecule has 0 aromatic heterocycles. The van der Waals surface area contributed by atoms with E-state index in [1.54, 1.807) is 0 Å².